The minimum atomic E-state index is -0.537. The Morgan fingerprint density at radius 3 is 2.59 bits per heavy atom. The van der Waals surface area contributed by atoms with Crippen LogP contribution in [-0.2, 0) is 11.3 Å². The van der Waals surface area contributed by atoms with E-state index in [1.54, 1.807) is 32.9 Å². The molecule has 0 radical (unpaired) electrons. The molecule has 0 saturated carbocycles. The Bertz CT molecular complexity index is 411. The lowest BCUT2D eigenvalue weighted by atomic mass is 10.1. The zero-order chi connectivity index (χ0) is 13.1. The first-order valence-electron chi connectivity index (χ1n) is 5.41. The molecule has 0 aromatic heterocycles. The minimum absolute atomic E-state index is 0.329. The molecular formula is C12H19N3O2. The summed E-state index contributed by atoms with van der Waals surface area (Å²) < 4.78 is 5.13. The van der Waals surface area contributed by atoms with E-state index in [2.05, 4.69) is 5.32 Å². The van der Waals surface area contributed by atoms with Gasteiger partial charge in [-0.1, -0.05) is 12.1 Å². The van der Waals surface area contributed by atoms with Crippen LogP contribution in [0.25, 0.3) is 0 Å². The van der Waals surface area contributed by atoms with Crippen LogP contribution < -0.4 is 16.8 Å². The second-order valence-corrected chi connectivity index (χ2v) is 4.71. The topological polar surface area (TPSA) is 90.4 Å². The molecule has 1 aromatic carbocycles. The number of hydrogen-bond donors (Lipinski definition) is 3. The maximum atomic E-state index is 11.6. The van der Waals surface area contributed by atoms with Gasteiger partial charge in [-0.15, -0.1) is 0 Å². The third-order valence-corrected chi connectivity index (χ3v) is 2.05. The van der Waals surface area contributed by atoms with Gasteiger partial charge >= 0.3 is 6.09 Å². The Balaban J connectivity index is 2.79. The Morgan fingerprint density at radius 1 is 1.41 bits per heavy atom. The van der Waals surface area contributed by atoms with Crippen molar-refractivity contribution in [1.29, 1.82) is 0 Å². The summed E-state index contributed by atoms with van der Waals surface area (Å²) in [5.74, 6) is 0. The highest BCUT2D eigenvalue weighted by atomic mass is 16.6. The molecule has 0 saturated heterocycles. The third kappa shape index (κ3) is 3.96. The molecule has 5 heteroatoms. The summed E-state index contributed by atoms with van der Waals surface area (Å²) in [6, 6.07) is 5.30. The van der Waals surface area contributed by atoms with Crippen molar-refractivity contribution in [2.24, 2.45) is 5.73 Å². The van der Waals surface area contributed by atoms with Crippen molar-refractivity contribution in [1.82, 2.24) is 0 Å². The van der Waals surface area contributed by atoms with Crippen LogP contribution in [0, 0.1) is 0 Å². The van der Waals surface area contributed by atoms with Crippen molar-refractivity contribution < 1.29 is 9.53 Å². The Kier molecular flexibility index (Phi) is 3.96. The molecule has 1 aromatic rings. The highest BCUT2D eigenvalue weighted by molar-refractivity contribution is 5.89. The fourth-order valence-corrected chi connectivity index (χ4v) is 1.31. The van der Waals surface area contributed by atoms with E-state index in [9.17, 15) is 4.79 Å². The van der Waals surface area contributed by atoms with Crippen LogP contribution >= 0.6 is 0 Å². The summed E-state index contributed by atoms with van der Waals surface area (Å²) >= 11 is 0. The maximum Gasteiger partial charge on any atom is 0.412 e. The number of benzene rings is 1. The van der Waals surface area contributed by atoms with E-state index in [1.807, 2.05) is 6.07 Å². The van der Waals surface area contributed by atoms with Crippen LogP contribution in [0.5, 0.6) is 0 Å². The molecule has 94 valence electrons. The van der Waals surface area contributed by atoms with E-state index >= 15 is 0 Å². The number of nitrogens with two attached hydrogens (primary N) is 2. The summed E-state index contributed by atoms with van der Waals surface area (Å²) in [7, 11) is 0. The fraction of sp³-hybridized carbons (Fsp3) is 0.417. The molecule has 0 atom stereocenters. The summed E-state index contributed by atoms with van der Waals surface area (Å²) in [5, 5.41) is 2.60. The molecular weight excluding hydrogens is 218 g/mol. The van der Waals surface area contributed by atoms with Crippen molar-refractivity contribution in [3.05, 3.63) is 23.8 Å². The Labute approximate surface area is 101 Å². The highest BCUT2D eigenvalue weighted by Crippen LogP contribution is 2.23. The molecule has 17 heavy (non-hydrogen) atoms. The molecule has 5 nitrogen and oxygen atoms in total. The quantitative estimate of drug-likeness (QED) is 0.687. The largest absolute Gasteiger partial charge is 0.444 e. The number of para-hydroxylation sites is 1. The molecule has 1 rings (SSSR count). The first-order chi connectivity index (χ1) is 7.83. The minimum Gasteiger partial charge on any atom is -0.444 e. The number of nitrogen functional groups attached to an aromatic ring is 1. The van der Waals surface area contributed by atoms with E-state index in [-0.39, 0.29) is 0 Å². The highest BCUT2D eigenvalue weighted by Gasteiger charge is 2.17. The standard InChI is InChI=1S/C12H19N3O2/c1-12(2,3)17-11(16)15-9-6-4-5-8(7-13)10(9)14/h4-6H,7,13-14H2,1-3H3,(H,15,16). The van der Waals surface area contributed by atoms with Gasteiger partial charge in [0.1, 0.15) is 5.60 Å². The van der Waals surface area contributed by atoms with Crippen molar-refractivity contribution in [3.63, 3.8) is 0 Å². The Hall–Kier alpha value is -1.75. The first kappa shape index (κ1) is 13.3. The predicted octanol–water partition coefficient (Wildman–Crippen LogP) is 2.07. The number of nitrogens with one attached hydrogen (secondary N) is 1. The lowest BCUT2D eigenvalue weighted by Gasteiger charge is -2.20. The zero-order valence-corrected chi connectivity index (χ0v) is 10.4. The van der Waals surface area contributed by atoms with E-state index in [1.165, 1.54) is 0 Å². The van der Waals surface area contributed by atoms with Crippen molar-refractivity contribution in [3.8, 4) is 0 Å². The van der Waals surface area contributed by atoms with Crippen LogP contribution in [0.15, 0.2) is 18.2 Å². The second kappa shape index (κ2) is 5.05. The number of hydrogen-bond acceptors (Lipinski definition) is 4. The number of rotatable bonds is 2. The summed E-state index contributed by atoms with van der Waals surface area (Å²) in [6.07, 6.45) is -0.529. The molecule has 0 heterocycles. The predicted molar refractivity (Wildman–Crippen MR) is 68.6 cm³/mol. The fourth-order valence-electron chi connectivity index (χ4n) is 1.31. The molecule has 5 N–H and O–H groups in total. The van der Waals surface area contributed by atoms with Crippen molar-refractivity contribution in [2.75, 3.05) is 11.1 Å². The van der Waals surface area contributed by atoms with E-state index < -0.39 is 11.7 Å². The Morgan fingerprint density at radius 2 is 2.06 bits per heavy atom. The second-order valence-electron chi connectivity index (χ2n) is 4.71. The van der Waals surface area contributed by atoms with Gasteiger partial charge in [-0.25, -0.2) is 4.79 Å². The van der Waals surface area contributed by atoms with E-state index in [0.717, 1.165) is 5.56 Å². The average molecular weight is 237 g/mol. The normalized spacial score (nSPS) is 11.1. The molecule has 0 bridgehead atoms. The average Bonchev–Trinajstić information content (AvgIpc) is 2.18. The lowest BCUT2D eigenvalue weighted by Crippen LogP contribution is -2.27. The molecule has 0 aliphatic heterocycles. The van der Waals surface area contributed by atoms with Gasteiger partial charge in [0.05, 0.1) is 11.4 Å². The number of anilines is 2. The molecule has 0 fully saturated rings. The number of ether oxygens (including phenoxy) is 1. The number of carbonyl (C=O) groups is 1. The van der Waals surface area contributed by atoms with Crippen LogP contribution in [0.3, 0.4) is 0 Å². The maximum absolute atomic E-state index is 11.6. The van der Waals surface area contributed by atoms with Gasteiger partial charge in [-0.2, -0.15) is 0 Å². The summed E-state index contributed by atoms with van der Waals surface area (Å²) in [5.41, 5.74) is 12.6. The third-order valence-electron chi connectivity index (χ3n) is 2.05. The number of amides is 1. The summed E-state index contributed by atoms with van der Waals surface area (Å²) in [4.78, 5) is 11.6. The van der Waals surface area contributed by atoms with Crippen molar-refractivity contribution in [2.45, 2.75) is 32.9 Å². The molecule has 0 aliphatic rings. The monoisotopic (exact) mass is 237 g/mol. The SMILES string of the molecule is CC(C)(C)OC(=O)Nc1cccc(CN)c1N. The molecule has 1 amide bonds. The van der Waals surface area contributed by atoms with Gasteiger partial charge in [-0.3, -0.25) is 5.32 Å². The van der Waals surface area contributed by atoms with Gasteiger partial charge in [0.2, 0.25) is 0 Å². The van der Waals surface area contributed by atoms with Gasteiger partial charge < -0.3 is 16.2 Å². The lowest BCUT2D eigenvalue weighted by molar-refractivity contribution is 0.0636. The zero-order valence-electron chi connectivity index (χ0n) is 10.4. The smallest absolute Gasteiger partial charge is 0.412 e. The van der Waals surface area contributed by atoms with Gasteiger partial charge in [0.15, 0.2) is 0 Å². The van der Waals surface area contributed by atoms with E-state index in [4.69, 9.17) is 16.2 Å². The first-order valence-corrected chi connectivity index (χ1v) is 5.41. The van der Waals surface area contributed by atoms with Gasteiger partial charge in [-0.05, 0) is 32.4 Å². The van der Waals surface area contributed by atoms with E-state index in [0.29, 0.717) is 17.9 Å². The van der Waals surface area contributed by atoms with Gasteiger partial charge in [0, 0.05) is 6.54 Å². The molecule has 0 aliphatic carbocycles. The van der Waals surface area contributed by atoms with Gasteiger partial charge in [0.25, 0.3) is 0 Å². The molecule has 0 unspecified atom stereocenters. The number of carbonyl (C=O) groups excluding carboxylic acids is 1. The van der Waals surface area contributed by atoms with Crippen LogP contribution in [-0.4, -0.2) is 11.7 Å². The summed E-state index contributed by atoms with van der Waals surface area (Å²) in [6.45, 7) is 5.72. The van der Waals surface area contributed by atoms with Crippen LogP contribution in [0.2, 0.25) is 0 Å². The van der Waals surface area contributed by atoms with Crippen LogP contribution in [0.1, 0.15) is 26.3 Å². The molecule has 0 spiro atoms. The van der Waals surface area contributed by atoms with Crippen LogP contribution in [0.4, 0.5) is 16.2 Å². The van der Waals surface area contributed by atoms with Crippen molar-refractivity contribution >= 4 is 17.5 Å².